The fourth-order valence-corrected chi connectivity index (χ4v) is 0. The van der Waals surface area contributed by atoms with E-state index in [0.29, 0.717) is 0 Å². The first-order valence-corrected chi connectivity index (χ1v) is 2.96. The van der Waals surface area contributed by atoms with E-state index in [9.17, 15) is 0 Å². The zero-order valence-electron chi connectivity index (χ0n) is 7.26. The molecular formula is C9H19F. The normalized spacial score (nSPS) is 3.90. The van der Waals surface area contributed by atoms with E-state index in [2.05, 4.69) is 19.7 Å². The van der Waals surface area contributed by atoms with Crippen molar-refractivity contribution in [3.8, 4) is 0 Å². The Morgan fingerprint density at radius 2 is 0.700 bits per heavy atom. The highest BCUT2D eigenvalue weighted by molar-refractivity contribution is 4.52. The first kappa shape index (κ1) is 22.9. The van der Waals surface area contributed by atoms with Crippen molar-refractivity contribution in [2.45, 2.75) is 20.8 Å². The van der Waals surface area contributed by atoms with E-state index >= 15 is 0 Å². The Hall–Kier alpha value is -0.850. The minimum Gasteiger partial charge on any atom is -0.269 e. The van der Waals surface area contributed by atoms with Gasteiger partial charge in [0.1, 0.15) is 0 Å². The molecule has 0 bridgehead atoms. The lowest BCUT2D eigenvalue weighted by atomic mass is 10.8. The maximum atomic E-state index is 3.36. The summed E-state index contributed by atoms with van der Waals surface area (Å²) < 4.78 is 0. The van der Waals surface area contributed by atoms with Gasteiger partial charge in [0.25, 0.3) is 0 Å². The zero-order valence-corrected chi connectivity index (χ0v) is 7.26. The molecule has 0 aromatic carbocycles. The van der Waals surface area contributed by atoms with E-state index in [1.165, 1.54) is 0 Å². The smallest absolute Gasteiger partial charge is 0.0473 e. The summed E-state index contributed by atoms with van der Waals surface area (Å²) in [7, 11) is 0. The highest BCUT2D eigenvalue weighted by Crippen LogP contribution is 1.38. The van der Waals surface area contributed by atoms with Crippen molar-refractivity contribution < 1.29 is 4.70 Å². The number of hydrogen-bond donors (Lipinski definition) is 0. The standard InChI is InChI=1S/3C3H6.FH/c3*1-3-2;/h3*3H,1H2,2H3;1H. The number of hydrogen-bond acceptors (Lipinski definition) is 0. The maximum absolute atomic E-state index is 3.36. The van der Waals surface area contributed by atoms with Crippen molar-refractivity contribution in [2.75, 3.05) is 0 Å². The average Bonchev–Trinajstić information content (AvgIpc) is 1.70. The molecule has 0 aliphatic heterocycles. The molecule has 0 aromatic rings. The fraction of sp³-hybridized carbons (Fsp3) is 0.333. The van der Waals surface area contributed by atoms with E-state index in [0.717, 1.165) is 0 Å². The van der Waals surface area contributed by atoms with Crippen LogP contribution < -0.4 is 0 Å². The molecule has 0 atom stereocenters. The van der Waals surface area contributed by atoms with E-state index in [1.54, 1.807) is 18.2 Å². The van der Waals surface area contributed by atoms with Crippen LogP contribution in [0.25, 0.3) is 0 Å². The van der Waals surface area contributed by atoms with Gasteiger partial charge in [0.15, 0.2) is 0 Å². The first-order valence-electron chi connectivity index (χ1n) is 2.96. The van der Waals surface area contributed by atoms with E-state index < -0.39 is 0 Å². The topological polar surface area (TPSA) is 0 Å². The molecule has 10 heavy (non-hydrogen) atoms. The molecule has 0 spiro atoms. The lowest BCUT2D eigenvalue weighted by molar-refractivity contribution is 1.11. The monoisotopic (exact) mass is 146 g/mol. The second-order valence-corrected chi connectivity index (χ2v) is 1.22. The van der Waals surface area contributed by atoms with E-state index in [1.807, 2.05) is 20.8 Å². The molecule has 0 amide bonds. The van der Waals surface area contributed by atoms with Crippen LogP contribution in [0, 0.1) is 0 Å². The third-order valence-corrected chi connectivity index (χ3v) is 0. The van der Waals surface area contributed by atoms with Crippen molar-refractivity contribution >= 4 is 0 Å². The molecule has 0 saturated heterocycles. The van der Waals surface area contributed by atoms with Gasteiger partial charge in [-0.15, -0.1) is 19.7 Å². The van der Waals surface area contributed by atoms with Crippen molar-refractivity contribution in [3.63, 3.8) is 0 Å². The van der Waals surface area contributed by atoms with Crippen molar-refractivity contribution in [1.82, 2.24) is 0 Å². The molecule has 0 heterocycles. The quantitative estimate of drug-likeness (QED) is 0.457. The summed E-state index contributed by atoms with van der Waals surface area (Å²) in [4.78, 5) is 0. The minimum absolute atomic E-state index is 0. The van der Waals surface area contributed by atoms with Gasteiger partial charge in [0, 0.05) is 0 Å². The molecule has 0 saturated carbocycles. The van der Waals surface area contributed by atoms with Gasteiger partial charge in [-0.2, -0.15) is 0 Å². The predicted molar refractivity (Wildman–Crippen MR) is 50.1 cm³/mol. The summed E-state index contributed by atoms with van der Waals surface area (Å²) >= 11 is 0. The van der Waals surface area contributed by atoms with Gasteiger partial charge in [0.2, 0.25) is 0 Å². The Labute approximate surface area is 64.3 Å². The molecule has 0 rings (SSSR count). The molecule has 0 aromatic heterocycles. The van der Waals surface area contributed by atoms with Crippen LogP contribution in [0.1, 0.15) is 20.8 Å². The van der Waals surface area contributed by atoms with Gasteiger partial charge >= 0.3 is 0 Å². The SMILES string of the molecule is C=CC.C=CC.C=CC.F. The van der Waals surface area contributed by atoms with E-state index in [-0.39, 0.29) is 4.70 Å². The molecular weight excluding hydrogens is 127 g/mol. The van der Waals surface area contributed by atoms with Gasteiger partial charge < -0.3 is 0 Å². The highest BCUT2D eigenvalue weighted by Gasteiger charge is 1.15. The van der Waals surface area contributed by atoms with Crippen LogP contribution in [-0.4, -0.2) is 0 Å². The third-order valence-electron chi connectivity index (χ3n) is 0. The maximum Gasteiger partial charge on any atom is -0.0473 e. The van der Waals surface area contributed by atoms with E-state index in [4.69, 9.17) is 0 Å². The molecule has 0 radical (unpaired) electrons. The van der Waals surface area contributed by atoms with Crippen LogP contribution in [0.15, 0.2) is 38.0 Å². The van der Waals surface area contributed by atoms with Crippen LogP contribution in [0.3, 0.4) is 0 Å². The summed E-state index contributed by atoms with van der Waals surface area (Å²) in [5.74, 6) is 0. The lowest BCUT2D eigenvalue weighted by Crippen LogP contribution is -1.07. The van der Waals surface area contributed by atoms with Gasteiger partial charge in [-0.1, -0.05) is 18.2 Å². The number of halogens is 1. The summed E-state index contributed by atoms with van der Waals surface area (Å²) in [6.07, 6.45) is 5.25. The predicted octanol–water partition coefficient (Wildman–Crippen LogP) is 3.73. The van der Waals surface area contributed by atoms with Gasteiger partial charge in [-0.25, -0.2) is 0 Å². The summed E-state index contributed by atoms with van der Waals surface area (Å²) in [5.41, 5.74) is 0. The molecule has 0 aliphatic carbocycles. The Kier molecular flexibility index (Phi) is 207. The van der Waals surface area contributed by atoms with Gasteiger partial charge in [-0.05, 0) is 20.8 Å². The van der Waals surface area contributed by atoms with Crippen LogP contribution in [0.2, 0.25) is 0 Å². The third kappa shape index (κ3) is 374. The van der Waals surface area contributed by atoms with Crippen molar-refractivity contribution in [2.24, 2.45) is 0 Å². The highest BCUT2D eigenvalue weighted by atomic mass is 19.0. The Morgan fingerprint density at radius 1 is 0.700 bits per heavy atom. The second kappa shape index (κ2) is 90.1. The molecule has 1 heteroatoms. The summed E-state index contributed by atoms with van der Waals surface area (Å²) in [5, 5.41) is 0. The summed E-state index contributed by atoms with van der Waals surface area (Å²) in [6, 6.07) is 0. The van der Waals surface area contributed by atoms with Gasteiger partial charge in [-0.3, -0.25) is 4.70 Å². The number of allylic oxidation sites excluding steroid dienone is 3. The molecule has 0 fully saturated rings. The zero-order chi connectivity index (χ0) is 8.12. The van der Waals surface area contributed by atoms with Crippen molar-refractivity contribution in [3.05, 3.63) is 38.0 Å². The average molecular weight is 146 g/mol. The van der Waals surface area contributed by atoms with Crippen LogP contribution in [0.5, 0.6) is 0 Å². The lowest BCUT2D eigenvalue weighted by Gasteiger charge is -1.31. The molecule has 0 aliphatic rings. The van der Waals surface area contributed by atoms with Crippen LogP contribution in [0.4, 0.5) is 4.70 Å². The van der Waals surface area contributed by atoms with Crippen LogP contribution >= 0.6 is 0 Å². The number of rotatable bonds is 0. The first-order chi connectivity index (χ1) is 4.24. The molecule has 0 unspecified atom stereocenters. The molecule has 0 N–H and O–H groups in total. The van der Waals surface area contributed by atoms with Gasteiger partial charge in [0.05, 0.1) is 0 Å². The fourth-order valence-electron chi connectivity index (χ4n) is 0. The summed E-state index contributed by atoms with van der Waals surface area (Å²) in [6.45, 7) is 15.8. The van der Waals surface area contributed by atoms with Crippen LogP contribution in [-0.2, 0) is 0 Å². The molecule has 62 valence electrons. The largest absolute Gasteiger partial charge is 0.269 e. The van der Waals surface area contributed by atoms with Crippen molar-refractivity contribution in [1.29, 1.82) is 0 Å². The second-order valence-electron chi connectivity index (χ2n) is 1.22. The Balaban J connectivity index is -0.0000000257. The Morgan fingerprint density at radius 3 is 0.700 bits per heavy atom. The minimum atomic E-state index is 0. The molecule has 0 nitrogen and oxygen atoms in total. The Bertz CT molecular complexity index is 41.5.